The van der Waals surface area contributed by atoms with E-state index < -0.39 is 17.7 Å². The minimum atomic E-state index is -1.08. The van der Waals surface area contributed by atoms with E-state index in [4.69, 9.17) is 0 Å². The Hall–Kier alpha value is -1.78. The largest absolute Gasteiger partial charge is 0.387 e. The maximum atomic E-state index is 13.6. The molecule has 0 spiro atoms. The van der Waals surface area contributed by atoms with E-state index in [1.807, 2.05) is 37.3 Å². The highest BCUT2D eigenvalue weighted by Crippen LogP contribution is 2.20. The van der Waals surface area contributed by atoms with Crippen LogP contribution in [0.25, 0.3) is 0 Å². The normalized spacial score (nSPS) is 13.9. The van der Waals surface area contributed by atoms with Gasteiger partial charge < -0.3 is 10.4 Å². The molecule has 21 heavy (non-hydrogen) atoms. The second kappa shape index (κ2) is 7.29. The Morgan fingerprint density at radius 2 is 1.81 bits per heavy atom. The maximum Gasteiger partial charge on any atom is 0.129 e. The van der Waals surface area contributed by atoms with Crippen molar-refractivity contribution in [2.24, 2.45) is 0 Å². The molecule has 2 aromatic carbocycles. The highest BCUT2D eigenvalue weighted by Gasteiger charge is 2.16. The zero-order valence-electron chi connectivity index (χ0n) is 11.9. The summed E-state index contributed by atoms with van der Waals surface area (Å²) in [6.07, 6.45) is -0.249. The summed E-state index contributed by atoms with van der Waals surface area (Å²) < 4.78 is 26.7. The van der Waals surface area contributed by atoms with Crippen molar-refractivity contribution in [1.29, 1.82) is 0 Å². The SMILES string of the molecule is CCC(NCC(O)c1cc(F)ccc1F)c1ccccc1. The van der Waals surface area contributed by atoms with Crippen molar-refractivity contribution in [3.63, 3.8) is 0 Å². The van der Waals surface area contributed by atoms with Crippen molar-refractivity contribution in [2.75, 3.05) is 6.54 Å². The minimum absolute atomic E-state index is 0.0228. The fourth-order valence-corrected chi connectivity index (χ4v) is 2.32. The first kappa shape index (κ1) is 15.6. The van der Waals surface area contributed by atoms with Crippen LogP contribution in [-0.2, 0) is 0 Å². The molecule has 2 aromatic rings. The van der Waals surface area contributed by atoms with Gasteiger partial charge in [0.05, 0.1) is 6.10 Å². The number of benzene rings is 2. The first-order valence-corrected chi connectivity index (χ1v) is 7.03. The van der Waals surface area contributed by atoms with Crippen LogP contribution >= 0.6 is 0 Å². The van der Waals surface area contributed by atoms with E-state index in [1.54, 1.807) is 0 Å². The smallest absolute Gasteiger partial charge is 0.129 e. The van der Waals surface area contributed by atoms with Crippen LogP contribution in [0, 0.1) is 11.6 Å². The average Bonchev–Trinajstić information content (AvgIpc) is 2.51. The van der Waals surface area contributed by atoms with Crippen LogP contribution in [0.4, 0.5) is 8.78 Å². The summed E-state index contributed by atoms with van der Waals surface area (Å²) in [5.74, 6) is -1.15. The number of nitrogens with one attached hydrogen (secondary N) is 1. The second-order valence-corrected chi connectivity index (χ2v) is 4.96. The van der Waals surface area contributed by atoms with E-state index >= 15 is 0 Å². The van der Waals surface area contributed by atoms with Crippen LogP contribution in [0.5, 0.6) is 0 Å². The van der Waals surface area contributed by atoms with Crippen LogP contribution in [0.2, 0.25) is 0 Å². The average molecular weight is 291 g/mol. The van der Waals surface area contributed by atoms with Crippen molar-refractivity contribution in [3.05, 3.63) is 71.3 Å². The molecule has 2 unspecified atom stereocenters. The topological polar surface area (TPSA) is 32.3 Å². The quantitative estimate of drug-likeness (QED) is 0.850. The number of rotatable bonds is 6. The molecule has 0 heterocycles. The molecule has 2 nitrogen and oxygen atoms in total. The van der Waals surface area contributed by atoms with Gasteiger partial charge in [-0.05, 0) is 30.2 Å². The van der Waals surface area contributed by atoms with Gasteiger partial charge in [0.1, 0.15) is 11.6 Å². The second-order valence-electron chi connectivity index (χ2n) is 4.96. The van der Waals surface area contributed by atoms with Gasteiger partial charge in [0.15, 0.2) is 0 Å². The molecule has 2 rings (SSSR count). The van der Waals surface area contributed by atoms with Crippen LogP contribution in [-0.4, -0.2) is 11.7 Å². The zero-order chi connectivity index (χ0) is 15.2. The molecule has 2 atom stereocenters. The van der Waals surface area contributed by atoms with E-state index in [0.717, 1.165) is 30.2 Å². The number of hydrogen-bond donors (Lipinski definition) is 2. The van der Waals surface area contributed by atoms with E-state index in [0.29, 0.717) is 0 Å². The number of aliphatic hydroxyl groups is 1. The van der Waals surface area contributed by atoms with Crippen molar-refractivity contribution in [3.8, 4) is 0 Å². The minimum Gasteiger partial charge on any atom is -0.387 e. The summed E-state index contributed by atoms with van der Waals surface area (Å²) in [7, 11) is 0. The standard InChI is InChI=1S/C17H19F2NO/c1-2-16(12-6-4-3-5-7-12)20-11-17(21)14-10-13(18)8-9-15(14)19/h3-10,16-17,20-21H,2,11H2,1H3. The molecular formula is C17H19F2NO. The van der Waals surface area contributed by atoms with Gasteiger partial charge in [-0.25, -0.2) is 8.78 Å². The van der Waals surface area contributed by atoms with E-state index in [9.17, 15) is 13.9 Å². The Labute approximate surface area is 123 Å². The fourth-order valence-electron chi connectivity index (χ4n) is 2.32. The van der Waals surface area contributed by atoms with E-state index in [1.165, 1.54) is 0 Å². The van der Waals surface area contributed by atoms with Gasteiger partial charge in [0.25, 0.3) is 0 Å². The molecule has 0 fully saturated rings. The molecule has 4 heteroatoms. The Kier molecular flexibility index (Phi) is 5.42. The third kappa shape index (κ3) is 4.09. The molecule has 0 saturated carbocycles. The van der Waals surface area contributed by atoms with Crippen LogP contribution in [0.1, 0.15) is 36.6 Å². The Morgan fingerprint density at radius 1 is 1.10 bits per heavy atom. The summed E-state index contributed by atoms with van der Waals surface area (Å²) >= 11 is 0. The molecule has 0 aromatic heterocycles. The van der Waals surface area contributed by atoms with Crippen molar-refractivity contribution >= 4 is 0 Å². The first-order chi connectivity index (χ1) is 10.1. The molecule has 0 amide bonds. The predicted octanol–water partition coefficient (Wildman–Crippen LogP) is 3.74. The van der Waals surface area contributed by atoms with Gasteiger partial charge in [0, 0.05) is 18.2 Å². The zero-order valence-corrected chi connectivity index (χ0v) is 11.9. The molecular weight excluding hydrogens is 272 g/mol. The van der Waals surface area contributed by atoms with Gasteiger partial charge in [-0.2, -0.15) is 0 Å². The van der Waals surface area contributed by atoms with Gasteiger partial charge in [-0.3, -0.25) is 0 Å². The summed E-state index contributed by atoms with van der Waals surface area (Å²) in [6.45, 7) is 2.19. The molecule has 0 radical (unpaired) electrons. The molecule has 0 saturated heterocycles. The number of aliphatic hydroxyl groups excluding tert-OH is 1. The monoisotopic (exact) mass is 291 g/mol. The maximum absolute atomic E-state index is 13.6. The fraction of sp³-hybridized carbons (Fsp3) is 0.294. The van der Waals surface area contributed by atoms with Gasteiger partial charge in [-0.1, -0.05) is 37.3 Å². The van der Waals surface area contributed by atoms with Gasteiger partial charge >= 0.3 is 0 Å². The third-order valence-electron chi connectivity index (χ3n) is 3.48. The van der Waals surface area contributed by atoms with Gasteiger partial charge in [0.2, 0.25) is 0 Å². The molecule has 0 bridgehead atoms. The van der Waals surface area contributed by atoms with E-state index in [2.05, 4.69) is 5.32 Å². The van der Waals surface area contributed by atoms with Crippen LogP contribution in [0.15, 0.2) is 48.5 Å². The predicted molar refractivity (Wildman–Crippen MR) is 78.8 cm³/mol. The van der Waals surface area contributed by atoms with Crippen molar-refractivity contribution < 1.29 is 13.9 Å². The van der Waals surface area contributed by atoms with Crippen LogP contribution < -0.4 is 5.32 Å². The molecule has 0 aliphatic carbocycles. The summed E-state index contributed by atoms with van der Waals surface area (Å²) in [5.41, 5.74) is 1.08. The summed E-state index contributed by atoms with van der Waals surface area (Å²) in [5, 5.41) is 13.2. The summed E-state index contributed by atoms with van der Waals surface area (Å²) in [4.78, 5) is 0. The Bertz CT molecular complexity index is 574. The first-order valence-electron chi connectivity index (χ1n) is 7.03. The lowest BCUT2D eigenvalue weighted by molar-refractivity contribution is 0.164. The number of hydrogen-bond acceptors (Lipinski definition) is 2. The highest BCUT2D eigenvalue weighted by atomic mass is 19.1. The Morgan fingerprint density at radius 3 is 2.48 bits per heavy atom. The lowest BCUT2D eigenvalue weighted by Crippen LogP contribution is -2.26. The highest BCUT2D eigenvalue weighted by molar-refractivity contribution is 5.22. The molecule has 112 valence electrons. The Balaban J connectivity index is 2.02. The molecule has 0 aliphatic rings. The molecule has 2 N–H and O–H groups in total. The van der Waals surface area contributed by atoms with Crippen LogP contribution in [0.3, 0.4) is 0 Å². The lowest BCUT2D eigenvalue weighted by atomic mass is 10.0. The summed E-state index contributed by atoms with van der Waals surface area (Å²) in [6, 6.07) is 13.0. The molecule has 0 aliphatic heterocycles. The van der Waals surface area contributed by atoms with E-state index in [-0.39, 0.29) is 18.2 Å². The van der Waals surface area contributed by atoms with Crippen molar-refractivity contribution in [2.45, 2.75) is 25.5 Å². The lowest BCUT2D eigenvalue weighted by Gasteiger charge is -2.20. The third-order valence-corrected chi connectivity index (χ3v) is 3.48. The number of halogens is 2. The van der Waals surface area contributed by atoms with Gasteiger partial charge in [-0.15, -0.1) is 0 Å². The van der Waals surface area contributed by atoms with Crippen molar-refractivity contribution in [1.82, 2.24) is 5.32 Å².